The quantitative estimate of drug-likeness (QED) is 0.689. The fourth-order valence-electron chi connectivity index (χ4n) is 1.88. The van der Waals surface area contributed by atoms with E-state index in [2.05, 4.69) is 30.8 Å². The van der Waals surface area contributed by atoms with Gasteiger partial charge in [0.25, 0.3) is 5.91 Å². The maximum absolute atomic E-state index is 12.4. The van der Waals surface area contributed by atoms with Gasteiger partial charge in [-0.2, -0.15) is 0 Å². The molecule has 1 N–H and O–H groups in total. The Bertz CT molecular complexity index is 820. The van der Waals surface area contributed by atoms with Gasteiger partial charge in [-0.05, 0) is 35.8 Å². The zero-order valence-corrected chi connectivity index (χ0v) is 14.2. The van der Waals surface area contributed by atoms with Crippen molar-refractivity contribution in [2.75, 3.05) is 5.32 Å². The third-order valence-corrected chi connectivity index (χ3v) is 4.52. The van der Waals surface area contributed by atoms with Crippen molar-refractivity contribution in [1.29, 1.82) is 0 Å². The Morgan fingerprint density at radius 2 is 1.86 bits per heavy atom. The molecule has 0 aliphatic rings. The highest BCUT2D eigenvalue weighted by Crippen LogP contribution is 2.27. The predicted octanol–water partition coefficient (Wildman–Crippen LogP) is 4.87. The van der Waals surface area contributed by atoms with Crippen LogP contribution >= 0.6 is 39.1 Å². The van der Waals surface area contributed by atoms with Crippen LogP contribution in [0.15, 0.2) is 53.0 Å². The van der Waals surface area contributed by atoms with Crippen LogP contribution in [0.4, 0.5) is 5.69 Å². The van der Waals surface area contributed by atoms with Gasteiger partial charge in [-0.3, -0.25) is 4.79 Å². The SMILES string of the molecule is O=C(Nc1ccccc1Cl)c1snnc1-c1ccc(Br)cc1. The molecular formula is C15H9BrClN3OS. The number of rotatable bonds is 3. The van der Waals surface area contributed by atoms with Crippen LogP contribution in [0.5, 0.6) is 0 Å². The number of benzene rings is 2. The second kappa shape index (κ2) is 6.56. The third kappa shape index (κ3) is 3.19. The number of nitrogens with one attached hydrogen (secondary N) is 1. The van der Waals surface area contributed by atoms with E-state index in [0.717, 1.165) is 21.6 Å². The van der Waals surface area contributed by atoms with Gasteiger partial charge >= 0.3 is 0 Å². The van der Waals surface area contributed by atoms with E-state index in [1.165, 1.54) is 0 Å². The summed E-state index contributed by atoms with van der Waals surface area (Å²) in [6.45, 7) is 0. The van der Waals surface area contributed by atoms with E-state index in [-0.39, 0.29) is 5.91 Å². The van der Waals surface area contributed by atoms with Crippen LogP contribution in [-0.2, 0) is 0 Å². The monoisotopic (exact) mass is 393 g/mol. The number of anilines is 1. The molecule has 1 heterocycles. The van der Waals surface area contributed by atoms with Crippen LogP contribution in [0.2, 0.25) is 5.02 Å². The second-order valence-corrected chi connectivity index (χ2v) is 6.47. The van der Waals surface area contributed by atoms with Crippen molar-refractivity contribution in [3.8, 4) is 11.3 Å². The highest BCUT2D eigenvalue weighted by molar-refractivity contribution is 9.10. The van der Waals surface area contributed by atoms with Gasteiger partial charge in [0.1, 0.15) is 10.6 Å². The number of aromatic nitrogens is 2. The molecule has 0 radical (unpaired) electrons. The Balaban J connectivity index is 1.90. The van der Waals surface area contributed by atoms with E-state index in [1.54, 1.807) is 18.2 Å². The minimum Gasteiger partial charge on any atom is -0.320 e. The molecule has 22 heavy (non-hydrogen) atoms. The lowest BCUT2D eigenvalue weighted by Gasteiger charge is -2.06. The van der Waals surface area contributed by atoms with Gasteiger partial charge in [0.2, 0.25) is 0 Å². The van der Waals surface area contributed by atoms with Crippen molar-refractivity contribution in [3.05, 3.63) is 62.9 Å². The summed E-state index contributed by atoms with van der Waals surface area (Å²) < 4.78 is 4.85. The molecule has 0 saturated carbocycles. The summed E-state index contributed by atoms with van der Waals surface area (Å²) in [5.41, 5.74) is 1.95. The number of para-hydroxylation sites is 1. The summed E-state index contributed by atoms with van der Waals surface area (Å²) in [6.07, 6.45) is 0. The molecule has 0 aliphatic heterocycles. The van der Waals surface area contributed by atoms with Crippen molar-refractivity contribution >= 4 is 50.7 Å². The fraction of sp³-hybridized carbons (Fsp3) is 0. The molecule has 2 aromatic carbocycles. The zero-order valence-electron chi connectivity index (χ0n) is 11.1. The van der Waals surface area contributed by atoms with Crippen molar-refractivity contribution in [2.45, 2.75) is 0 Å². The highest BCUT2D eigenvalue weighted by Gasteiger charge is 2.18. The summed E-state index contributed by atoms with van der Waals surface area (Å²) in [4.78, 5) is 12.9. The zero-order chi connectivity index (χ0) is 15.5. The number of carbonyl (C=O) groups is 1. The van der Waals surface area contributed by atoms with Crippen LogP contribution in [0.3, 0.4) is 0 Å². The molecule has 0 bridgehead atoms. The normalized spacial score (nSPS) is 10.5. The first kappa shape index (κ1) is 15.1. The number of carbonyl (C=O) groups excluding carboxylic acids is 1. The van der Waals surface area contributed by atoms with Crippen LogP contribution in [0.1, 0.15) is 9.67 Å². The fourth-order valence-corrected chi connectivity index (χ4v) is 2.91. The Labute approximate surface area is 144 Å². The molecule has 1 amide bonds. The molecule has 110 valence electrons. The van der Waals surface area contributed by atoms with Crippen LogP contribution in [0, 0.1) is 0 Å². The lowest BCUT2D eigenvalue weighted by molar-refractivity contribution is 0.103. The Kier molecular flexibility index (Phi) is 4.52. The van der Waals surface area contributed by atoms with E-state index < -0.39 is 0 Å². The molecule has 3 aromatic rings. The number of amides is 1. The average molecular weight is 395 g/mol. The van der Waals surface area contributed by atoms with Gasteiger partial charge in [-0.1, -0.05) is 56.3 Å². The van der Waals surface area contributed by atoms with Crippen LogP contribution in [-0.4, -0.2) is 15.5 Å². The van der Waals surface area contributed by atoms with Gasteiger partial charge in [0.15, 0.2) is 0 Å². The van der Waals surface area contributed by atoms with Gasteiger partial charge < -0.3 is 5.32 Å². The lowest BCUT2D eigenvalue weighted by atomic mass is 10.1. The molecule has 0 fully saturated rings. The van der Waals surface area contributed by atoms with E-state index in [0.29, 0.717) is 21.3 Å². The maximum Gasteiger partial charge on any atom is 0.269 e. The van der Waals surface area contributed by atoms with E-state index in [9.17, 15) is 4.79 Å². The Hall–Kier alpha value is -1.76. The molecule has 0 aliphatic carbocycles. The van der Waals surface area contributed by atoms with Gasteiger partial charge in [-0.25, -0.2) is 0 Å². The van der Waals surface area contributed by atoms with Crippen molar-refractivity contribution in [1.82, 2.24) is 9.59 Å². The highest BCUT2D eigenvalue weighted by atomic mass is 79.9. The first-order valence-corrected chi connectivity index (χ1v) is 8.24. The summed E-state index contributed by atoms with van der Waals surface area (Å²) in [5.74, 6) is -0.277. The van der Waals surface area contributed by atoms with E-state index in [4.69, 9.17) is 11.6 Å². The first-order chi connectivity index (χ1) is 10.6. The molecular weight excluding hydrogens is 386 g/mol. The van der Waals surface area contributed by atoms with Gasteiger partial charge in [-0.15, -0.1) is 5.10 Å². The minimum atomic E-state index is -0.277. The average Bonchev–Trinajstić information content (AvgIpc) is 3.00. The number of halogens is 2. The Morgan fingerprint density at radius 3 is 2.59 bits per heavy atom. The molecule has 0 atom stereocenters. The molecule has 0 saturated heterocycles. The number of hydrogen-bond donors (Lipinski definition) is 1. The number of hydrogen-bond acceptors (Lipinski definition) is 4. The van der Waals surface area contributed by atoms with Gasteiger partial charge in [0.05, 0.1) is 10.7 Å². The minimum absolute atomic E-state index is 0.277. The topological polar surface area (TPSA) is 54.9 Å². The van der Waals surface area contributed by atoms with Crippen molar-refractivity contribution in [2.24, 2.45) is 0 Å². The van der Waals surface area contributed by atoms with Gasteiger partial charge in [0, 0.05) is 10.0 Å². The molecule has 7 heteroatoms. The molecule has 0 spiro atoms. The Morgan fingerprint density at radius 1 is 1.14 bits per heavy atom. The number of nitrogens with zero attached hydrogens (tertiary/aromatic N) is 2. The maximum atomic E-state index is 12.4. The third-order valence-electron chi connectivity index (χ3n) is 2.93. The molecule has 3 rings (SSSR count). The molecule has 0 unspecified atom stereocenters. The summed E-state index contributed by atoms with van der Waals surface area (Å²) >= 11 is 10.5. The van der Waals surface area contributed by atoms with E-state index in [1.807, 2.05) is 30.3 Å². The lowest BCUT2D eigenvalue weighted by Crippen LogP contribution is -2.11. The largest absolute Gasteiger partial charge is 0.320 e. The first-order valence-electron chi connectivity index (χ1n) is 6.29. The summed E-state index contributed by atoms with van der Waals surface area (Å²) in [5, 5.41) is 7.33. The summed E-state index contributed by atoms with van der Waals surface area (Å²) in [6, 6.07) is 14.6. The smallest absolute Gasteiger partial charge is 0.269 e. The molecule has 4 nitrogen and oxygen atoms in total. The standard InChI is InChI=1S/C15H9BrClN3OS/c16-10-7-5-9(6-8-10)13-14(22-20-19-13)15(21)18-12-4-2-1-3-11(12)17/h1-8H,(H,18,21). The second-order valence-electron chi connectivity index (χ2n) is 4.39. The van der Waals surface area contributed by atoms with Crippen molar-refractivity contribution < 1.29 is 4.79 Å². The predicted molar refractivity (Wildman–Crippen MR) is 92.5 cm³/mol. The van der Waals surface area contributed by atoms with E-state index >= 15 is 0 Å². The summed E-state index contributed by atoms with van der Waals surface area (Å²) in [7, 11) is 0. The van der Waals surface area contributed by atoms with Crippen molar-refractivity contribution in [3.63, 3.8) is 0 Å². The van der Waals surface area contributed by atoms with Crippen LogP contribution < -0.4 is 5.32 Å². The van der Waals surface area contributed by atoms with Crippen LogP contribution in [0.25, 0.3) is 11.3 Å². The molecule has 1 aromatic heterocycles.